The number of anilines is 2. The van der Waals surface area contributed by atoms with Crippen molar-refractivity contribution in [1.29, 1.82) is 0 Å². The summed E-state index contributed by atoms with van der Waals surface area (Å²) in [5.74, 6) is 0.134. The van der Waals surface area contributed by atoms with Gasteiger partial charge in [-0.25, -0.2) is 18.4 Å². The van der Waals surface area contributed by atoms with E-state index < -0.39 is 10.0 Å². The molecular formula is C21H21N5O2S2. The number of nitrogens with zero attached hydrogens (tertiary/aromatic N) is 3. The van der Waals surface area contributed by atoms with E-state index >= 15 is 0 Å². The molecular weight excluding hydrogens is 418 g/mol. The van der Waals surface area contributed by atoms with E-state index in [1.807, 2.05) is 29.8 Å². The lowest BCUT2D eigenvalue weighted by Crippen LogP contribution is -2.35. The Kier molecular flexibility index (Phi) is 4.80. The molecule has 9 heteroatoms. The average molecular weight is 440 g/mol. The van der Waals surface area contributed by atoms with Crippen molar-refractivity contribution in [3.8, 4) is 0 Å². The second-order valence-electron chi connectivity index (χ2n) is 7.20. The molecule has 2 N–H and O–H groups in total. The molecule has 7 nitrogen and oxygen atoms in total. The SMILES string of the molecule is CCS(=O)(=O)N1CC=C(c2cc3c(Nc4ccc5ncsc5c4)ccnc3[nH]2)CC1. The highest BCUT2D eigenvalue weighted by Crippen LogP contribution is 2.31. The molecule has 0 atom stereocenters. The van der Waals surface area contributed by atoms with E-state index in [4.69, 9.17) is 0 Å². The Hall–Kier alpha value is -2.75. The van der Waals surface area contributed by atoms with Gasteiger partial charge in [-0.3, -0.25) is 0 Å². The molecule has 0 radical (unpaired) electrons. The zero-order chi connectivity index (χ0) is 20.7. The van der Waals surface area contributed by atoms with Crippen LogP contribution in [0.5, 0.6) is 0 Å². The van der Waals surface area contributed by atoms with Crippen LogP contribution in [-0.2, 0) is 10.0 Å². The smallest absolute Gasteiger partial charge is 0.214 e. The first-order chi connectivity index (χ1) is 14.5. The van der Waals surface area contributed by atoms with Gasteiger partial charge in [0.15, 0.2) is 0 Å². The highest BCUT2D eigenvalue weighted by molar-refractivity contribution is 7.89. The summed E-state index contributed by atoms with van der Waals surface area (Å²) in [6.45, 7) is 2.60. The number of aromatic nitrogens is 3. The molecule has 154 valence electrons. The number of aromatic amines is 1. The van der Waals surface area contributed by atoms with Gasteiger partial charge in [0.1, 0.15) is 5.65 Å². The third-order valence-corrected chi connectivity index (χ3v) is 8.06. The molecule has 0 saturated heterocycles. The molecule has 5 rings (SSSR count). The Labute approximate surface area is 178 Å². The lowest BCUT2D eigenvalue weighted by molar-refractivity contribution is 0.442. The minimum Gasteiger partial charge on any atom is -0.355 e. The van der Waals surface area contributed by atoms with Crippen LogP contribution in [0.1, 0.15) is 19.0 Å². The predicted octanol–water partition coefficient (Wildman–Crippen LogP) is 4.36. The van der Waals surface area contributed by atoms with Crippen molar-refractivity contribution in [2.75, 3.05) is 24.2 Å². The molecule has 0 amide bonds. The fourth-order valence-corrected chi connectivity index (χ4v) is 5.48. The third kappa shape index (κ3) is 3.49. The van der Waals surface area contributed by atoms with Gasteiger partial charge in [-0.2, -0.15) is 4.31 Å². The summed E-state index contributed by atoms with van der Waals surface area (Å²) in [5, 5.41) is 4.49. The Morgan fingerprint density at radius 1 is 1.23 bits per heavy atom. The average Bonchev–Trinajstić information content (AvgIpc) is 3.41. The van der Waals surface area contributed by atoms with Gasteiger partial charge in [-0.05, 0) is 49.2 Å². The number of nitrogens with one attached hydrogen (secondary N) is 2. The highest BCUT2D eigenvalue weighted by Gasteiger charge is 2.23. The van der Waals surface area contributed by atoms with Crippen LogP contribution in [0.4, 0.5) is 11.4 Å². The van der Waals surface area contributed by atoms with Crippen molar-refractivity contribution in [1.82, 2.24) is 19.3 Å². The van der Waals surface area contributed by atoms with Crippen LogP contribution < -0.4 is 5.32 Å². The quantitative estimate of drug-likeness (QED) is 0.482. The number of H-pyrrole nitrogens is 1. The number of rotatable bonds is 5. The van der Waals surface area contributed by atoms with Crippen LogP contribution in [0.15, 0.2) is 48.1 Å². The van der Waals surface area contributed by atoms with Gasteiger partial charge in [0.05, 0.1) is 27.2 Å². The van der Waals surface area contributed by atoms with Crippen LogP contribution in [-0.4, -0.2) is 46.5 Å². The first-order valence-corrected chi connectivity index (χ1v) is 12.3. The second-order valence-corrected chi connectivity index (χ2v) is 10.3. The number of sulfonamides is 1. The monoisotopic (exact) mass is 439 g/mol. The van der Waals surface area contributed by atoms with E-state index in [2.05, 4.69) is 32.4 Å². The number of hydrogen-bond acceptors (Lipinski definition) is 6. The summed E-state index contributed by atoms with van der Waals surface area (Å²) in [6, 6.07) is 10.2. The molecule has 0 bridgehead atoms. The molecule has 0 saturated carbocycles. The molecule has 30 heavy (non-hydrogen) atoms. The maximum Gasteiger partial charge on any atom is 0.214 e. The number of benzene rings is 1. The second kappa shape index (κ2) is 7.50. The van der Waals surface area contributed by atoms with Crippen LogP contribution in [0, 0.1) is 0 Å². The van der Waals surface area contributed by atoms with E-state index in [1.165, 1.54) is 0 Å². The molecule has 4 aromatic rings. The van der Waals surface area contributed by atoms with Crippen molar-refractivity contribution >= 4 is 59.6 Å². The van der Waals surface area contributed by atoms with Crippen molar-refractivity contribution in [3.63, 3.8) is 0 Å². The number of fused-ring (bicyclic) bond motifs is 2. The van der Waals surface area contributed by atoms with Gasteiger partial charge in [-0.15, -0.1) is 11.3 Å². The van der Waals surface area contributed by atoms with Crippen molar-refractivity contribution in [2.24, 2.45) is 0 Å². The minimum atomic E-state index is -3.15. The summed E-state index contributed by atoms with van der Waals surface area (Å²) in [6.07, 6.45) is 4.45. The molecule has 1 aromatic carbocycles. The minimum absolute atomic E-state index is 0.134. The summed E-state index contributed by atoms with van der Waals surface area (Å²) < 4.78 is 26.9. The summed E-state index contributed by atoms with van der Waals surface area (Å²) in [7, 11) is -3.15. The molecule has 1 aliphatic rings. The largest absolute Gasteiger partial charge is 0.355 e. The lowest BCUT2D eigenvalue weighted by atomic mass is 10.1. The lowest BCUT2D eigenvalue weighted by Gasteiger charge is -2.24. The van der Waals surface area contributed by atoms with E-state index in [-0.39, 0.29) is 5.75 Å². The van der Waals surface area contributed by atoms with Crippen LogP contribution in [0.2, 0.25) is 0 Å². The van der Waals surface area contributed by atoms with Crippen LogP contribution in [0.3, 0.4) is 0 Å². The maximum absolute atomic E-state index is 12.1. The van der Waals surface area contributed by atoms with Gasteiger partial charge in [0.2, 0.25) is 10.0 Å². The van der Waals surface area contributed by atoms with Gasteiger partial charge in [-0.1, -0.05) is 6.08 Å². The normalized spacial score (nSPS) is 15.6. The first kappa shape index (κ1) is 19.2. The molecule has 4 heterocycles. The van der Waals surface area contributed by atoms with E-state index in [0.717, 1.165) is 43.9 Å². The standard InChI is InChI=1S/C21H21N5O2S2/c1-2-30(27,28)26-9-6-14(7-10-26)19-12-16-17(5-8-22-21(16)25-19)24-15-3-4-18-20(11-15)29-13-23-18/h3-6,8,11-13H,2,7,9-10H2,1H3,(H2,22,24,25). The molecule has 0 spiro atoms. The Morgan fingerprint density at radius 2 is 2.13 bits per heavy atom. The summed E-state index contributed by atoms with van der Waals surface area (Å²) in [4.78, 5) is 12.2. The zero-order valence-corrected chi connectivity index (χ0v) is 18.1. The van der Waals surface area contributed by atoms with Crippen LogP contribution in [0.25, 0.3) is 26.8 Å². The fraction of sp³-hybridized carbons (Fsp3) is 0.238. The highest BCUT2D eigenvalue weighted by atomic mass is 32.2. The third-order valence-electron chi connectivity index (χ3n) is 5.42. The number of hydrogen-bond donors (Lipinski definition) is 2. The van der Waals surface area contributed by atoms with Crippen molar-refractivity contribution in [2.45, 2.75) is 13.3 Å². The topological polar surface area (TPSA) is 91.0 Å². The number of pyridine rings is 1. The van der Waals surface area contributed by atoms with Gasteiger partial charge < -0.3 is 10.3 Å². The van der Waals surface area contributed by atoms with Crippen LogP contribution >= 0.6 is 11.3 Å². The van der Waals surface area contributed by atoms with Crippen molar-refractivity contribution < 1.29 is 8.42 Å². The molecule has 1 aliphatic heterocycles. The maximum atomic E-state index is 12.1. The van der Waals surface area contributed by atoms with Gasteiger partial charge >= 0.3 is 0 Å². The first-order valence-electron chi connectivity index (χ1n) is 9.79. The summed E-state index contributed by atoms with van der Waals surface area (Å²) >= 11 is 1.62. The van der Waals surface area contributed by atoms with Crippen molar-refractivity contribution in [3.05, 3.63) is 53.8 Å². The predicted molar refractivity (Wildman–Crippen MR) is 123 cm³/mol. The molecule has 3 aromatic heterocycles. The van der Waals surface area contributed by atoms with E-state index in [9.17, 15) is 8.42 Å². The van der Waals surface area contributed by atoms with Gasteiger partial charge in [0.25, 0.3) is 0 Å². The Bertz CT molecular complexity index is 1370. The molecule has 0 aliphatic carbocycles. The molecule has 0 fully saturated rings. The zero-order valence-electron chi connectivity index (χ0n) is 16.4. The number of thiazole rings is 1. The Morgan fingerprint density at radius 3 is 2.93 bits per heavy atom. The fourth-order valence-electron chi connectivity index (χ4n) is 3.73. The van der Waals surface area contributed by atoms with Gasteiger partial charge in [0, 0.05) is 36.1 Å². The molecule has 0 unspecified atom stereocenters. The summed E-state index contributed by atoms with van der Waals surface area (Å²) in [5.41, 5.74) is 7.72. The van der Waals surface area contributed by atoms with E-state index in [0.29, 0.717) is 19.5 Å². The Balaban J connectivity index is 1.44. The van der Waals surface area contributed by atoms with E-state index in [1.54, 1.807) is 28.8 Å².